The maximum absolute atomic E-state index is 11.4. The highest BCUT2D eigenvalue weighted by Crippen LogP contribution is 1.96. The quantitative estimate of drug-likeness (QED) is 0.634. The van der Waals surface area contributed by atoms with Gasteiger partial charge in [0.15, 0.2) is 0 Å². The maximum Gasteiger partial charge on any atom is 0.242 e. The Kier molecular flexibility index (Phi) is 4.69. The Morgan fingerprint density at radius 1 is 1.36 bits per heavy atom. The molecule has 1 saturated heterocycles. The summed E-state index contributed by atoms with van der Waals surface area (Å²) in [4.78, 5) is 23.9. The van der Waals surface area contributed by atoms with Crippen LogP contribution in [-0.2, 0) is 14.3 Å². The Labute approximate surface area is 87.3 Å². The Bertz CT molecular complexity index is 217. The van der Waals surface area contributed by atoms with Gasteiger partial charge >= 0.3 is 0 Å². The lowest BCUT2D eigenvalue weighted by molar-refractivity contribution is -0.135. The molecule has 6 heteroatoms. The Morgan fingerprint density at radius 3 is 2.57 bits per heavy atom. The zero-order chi connectivity index (χ0) is 10.4. The summed E-state index contributed by atoms with van der Waals surface area (Å²) in [6.07, 6.45) is 0. The predicted octanol–water partition coefficient (Wildman–Crippen LogP) is -0.800. The first-order chi connectivity index (χ1) is 6.74. The molecule has 0 aromatic carbocycles. The molecule has 1 aliphatic heterocycles. The smallest absolute Gasteiger partial charge is 0.242 e. The van der Waals surface area contributed by atoms with E-state index in [1.807, 2.05) is 0 Å². The van der Waals surface area contributed by atoms with Crippen LogP contribution in [0.15, 0.2) is 0 Å². The van der Waals surface area contributed by atoms with Gasteiger partial charge in [-0.25, -0.2) is 0 Å². The predicted molar refractivity (Wildman–Crippen MR) is 51.1 cm³/mol. The van der Waals surface area contributed by atoms with Crippen LogP contribution in [0.3, 0.4) is 0 Å². The van der Waals surface area contributed by atoms with Gasteiger partial charge < -0.3 is 15.0 Å². The lowest BCUT2D eigenvalue weighted by Gasteiger charge is -2.26. The fourth-order valence-corrected chi connectivity index (χ4v) is 1.24. The molecule has 5 nitrogen and oxygen atoms in total. The van der Waals surface area contributed by atoms with Crippen molar-refractivity contribution in [2.75, 3.05) is 38.7 Å². The SMILES string of the molecule is O=C(CCl)NCC(=O)N1CCOCC1. The summed E-state index contributed by atoms with van der Waals surface area (Å²) in [6.45, 7) is 2.33. The number of amides is 2. The average Bonchev–Trinajstić information content (AvgIpc) is 2.26. The van der Waals surface area contributed by atoms with Gasteiger partial charge in [0.2, 0.25) is 11.8 Å². The van der Waals surface area contributed by atoms with Crippen LogP contribution >= 0.6 is 11.6 Å². The van der Waals surface area contributed by atoms with Crippen LogP contribution < -0.4 is 5.32 Å². The molecule has 1 heterocycles. The molecule has 80 valence electrons. The summed E-state index contributed by atoms with van der Waals surface area (Å²) < 4.78 is 5.09. The molecule has 1 fully saturated rings. The van der Waals surface area contributed by atoms with Gasteiger partial charge in [-0.2, -0.15) is 0 Å². The summed E-state index contributed by atoms with van der Waals surface area (Å²) >= 11 is 5.26. The zero-order valence-corrected chi connectivity index (χ0v) is 8.55. The molecule has 0 aromatic rings. The van der Waals surface area contributed by atoms with Crippen molar-refractivity contribution in [3.8, 4) is 0 Å². The standard InChI is InChI=1S/C8H13ClN2O3/c9-5-7(12)10-6-8(13)11-1-3-14-4-2-11/h1-6H2,(H,10,12). The Balaban J connectivity index is 2.23. The van der Waals surface area contributed by atoms with Crippen molar-refractivity contribution in [3.63, 3.8) is 0 Å². The largest absolute Gasteiger partial charge is 0.378 e. The number of nitrogens with zero attached hydrogens (tertiary/aromatic N) is 1. The minimum atomic E-state index is -0.326. The number of halogens is 1. The Morgan fingerprint density at radius 2 is 2.00 bits per heavy atom. The van der Waals surface area contributed by atoms with Crippen LogP contribution in [0.4, 0.5) is 0 Å². The van der Waals surface area contributed by atoms with Gasteiger partial charge in [-0.15, -0.1) is 11.6 Å². The number of alkyl halides is 1. The first kappa shape index (κ1) is 11.3. The van der Waals surface area contributed by atoms with E-state index in [1.165, 1.54) is 0 Å². The van der Waals surface area contributed by atoms with Crippen LogP contribution in [0.25, 0.3) is 0 Å². The third-order valence-electron chi connectivity index (χ3n) is 1.92. The third-order valence-corrected chi connectivity index (χ3v) is 2.16. The first-order valence-electron chi connectivity index (χ1n) is 4.42. The van der Waals surface area contributed by atoms with E-state index < -0.39 is 0 Å². The van der Waals surface area contributed by atoms with E-state index in [1.54, 1.807) is 4.90 Å². The monoisotopic (exact) mass is 220 g/mol. The van der Waals surface area contributed by atoms with Crippen molar-refractivity contribution in [1.82, 2.24) is 10.2 Å². The molecule has 0 aromatic heterocycles. The molecular formula is C8H13ClN2O3. The van der Waals surface area contributed by atoms with E-state index in [-0.39, 0.29) is 24.2 Å². The second-order valence-corrected chi connectivity index (χ2v) is 3.17. The molecule has 14 heavy (non-hydrogen) atoms. The molecule has 0 aliphatic carbocycles. The van der Waals surface area contributed by atoms with Crippen molar-refractivity contribution < 1.29 is 14.3 Å². The van der Waals surface area contributed by atoms with Crippen LogP contribution in [-0.4, -0.2) is 55.4 Å². The average molecular weight is 221 g/mol. The van der Waals surface area contributed by atoms with E-state index in [2.05, 4.69) is 5.32 Å². The number of hydrogen-bond donors (Lipinski definition) is 1. The minimum absolute atomic E-state index is 0.0194. The molecule has 0 bridgehead atoms. The lowest BCUT2D eigenvalue weighted by Crippen LogP contribution is -2.45. The number of carbonyl (C=O) groups excluding carboxylic acids is 2. The number of morpholine rings is 1. The van der Waals surface area contributed by atoms with Crippen molar-refractivity contribution in [2.24, 2.45) is 0 Å². The fraction of sp³-hybridized carbons (Fsp3) is 0.750. The van der Waals surface area contributed by atoms with Crippen molar-refractivity contribution in [1.29, 1.82) is 0 Å². The topological polar surface area (TPSA) is 58.6 Å². The molecule has 1 rings (SSSR count). The van der Waals surface area contributed by atoms with Crippen molar-refractivity contribution in [3.05, 3.63) is 0 Å². The molecule has 1 aliphatic rings. The van der Waals surface area contributed by atoms with Gasteiger partial charge in [0.1, 0.15) is 5.88 Å². The summed E-state index contributed by atoms with van der Waals surface area (Å²) in [5.74, 6) is -0.531. The second kappa shape index (κ2) is 5.82. The van der Waals surface area contributed by atoms with Crippen LogP contribution in [0, 0.1) is 0 Å². The Hall–Kier alpha value is -0.810. The molecule has 1 N–H and O–H groups in total. The lowest BCUT2D eigenvalue weighted by atomic mass is 10.4. The summed E-state index contributed by atoms with van der Waals surface area (Å²) in [5, 5.41) is 2.43. The molecular weight excluding hydrogens is 208 g/mol. The maximum atomic E-state index is 11.4. The van der Waals surface area contributed by atoms with Gasteiger partial charge in [0, 0.05) is 13.1 Å². The minimum Gasteiger partial charge on any atom is -0.378 e. The van der Waals surface area contributed by atoms with Crippen LogP contribution in [0.1, 0.15) is 0 Å². The van der Waals surface area contributed by atoms with Crippen LogP contribution in [0.5, 0.6) is 0 Å². The zero-order valence-electron chi connectivity index (χ0n) is 7.79. The summed E-state index contributed by atoms with van der Waals surface area (Å²) in [6, 6.07) is 0. The van der Waals surface area contributed by atoms with Gasteiger partial charge in [0.25, 0.3) is 0 Å². The molecule has 0 unspecified atom stereocenters. The summed E-state index contributed by atoms with van der Waals surface area (Å²) in [5.41, 5.74) is 0. The van der Waals surface area contributed by atoms with Gasteiger partial charge in [0.05, 0.1) is 19.8 Å². The fourth-order valence-electron chi connectivity index (χ4n) is 1.15. The van der Waals surface area contributed by atoms with E-state index in [0.29, 0.717) is 26.3 Å². The number of rotatable bonds is 3. The van der Waals surface area contributed by atoms with E-state index in [4.69, 9.17) is 16.3 Å². The molecule has 0 atom stereocenters. The van der Waals surface area contributed by atoms with Gasteiger partial charge in [-0.3, -0.25) is 9.59 Å². The number of hydrogen-bond acceptors (Lipinski definition) is 3. The second-order valence-electron chi connectivity index (χ2n) is 2.90. The molecule has 0 spiro atoms. The van der Waals surface area contributed by atoms with Gasteiger partial charge in [-0.1, -0.05) is 0 Å². The number of ether oxygens (including phenoxy) is 1. The number of nitrogens with one attached hydrogen (secondary N) is 1. The highest BCUT2D eigenvalue weighted by atomic mass is 35.5. The van der Waals surface area contributed by atoms with Crippen molar-refractivity contribution in [2.45, 2.75) is 0 Å². The normalized spacial score (nSPS) is 16.5. The molecule has 0 saturated carbocycles. The van der Waals surface area contributed by atoms with E-state index in [0.717, 1.165) is 0 Å². The first-order valence-corrected chi connectivity index (χ1v) is 4.95. The van der Waals surface area contributed by atoms with Crippen LogP contribution in [0.2, 0.25) is 0 Å². The molecule has 0 radical (unpaired) electrons. The molecule has 2 amide bonds. The van der Waals surface area contributed by atoms with E-state index >= 15 is 0 Å². The highest BCUT2D eigenvalue weighted by molar-refractivity contribution is 6.27. The number of carbonyl (C=O) groups is 2. The van der Waals surface area contributed by atoms with Crippen molar-refractivity contribution >= 4 is 23.4 Å². The highest BCUT2D eigenvalue weighted by Gasteiger charge is 2.16. The summed E-state index contributed by atoms with van der Waals surface area (Å²) in [7, 11) is 0. The van der Waals surface area contributed by atoms with E-state index in [9.17, 15) is 9.59 Å². The third kappa shape index (κ3) is 3.51. The van der Waals surface area contributed by atoms with Gasteiger partial charge in [-0.05, 0) is 0 Å².